The van der Waals surface area contributed by atoms with E-state index in [0.717, 1.165) is 0 Å². The van der Waals surface area contributed by atoms with Gasteiger partial charge in [0.15, 0.2) is 11.5 Å². The maximum absolute atomic E-state index is 12.3. The normalized spacial score (nSPS) is 13.0. The fourth-order valence-corrected chi connectivity index (χ4v) is 2.17. The number of nitrogens with two attached hydrogens (primary N) is 1. The van der Waals surface area contributed by atoms with Crippen LogP contribution in [0, 0.1) is 0 Å². The molecule has 0 radical (unpaired) electrons. The maximum atomic E-state index is 12.3. The Labute approximate surface area is 121 Å². The van der Waals surface area contributed by atoms with Crippen molar-refractivity contribution in [3.8, 4) is 22.6 Å². The van der Waals surface area contributed by atoms with Crippen LogP contribution >= 0.6 is 0 Å². The number of fused-ring (bicyclic) bond motifs is 1. The van der Waals surface area contributed by atoms with E-state index < -0.39 is 0 Å². The molecule has 3 rings (SSSR count). The minimum atomic E-state index is -0.289. The van der Waals surface area contributed by atoms with Gasteiger partial charge < -0.3 is 20.1 Å². The molecule has 7 nitrogen and oxygen atoms in total. The Morgan fingerprint density at radius 3 is 2.62 bits per heavy atom. The topological polar surface area (TPSA) is 93.5 Å². The van der Waals surface area contributed by atoms with Crippen molar-refractivity contribution in [1.29, 1.82) is 0 Å². The highest BCUT2D eigenvalue weighted by Crippen LogP contribution is 2.34. The first kappa shape index (κ1) is 13.3. The SMILES string of the molecule is CN(C)c1nc(N)c(-c2ccc3c(c2)OCCO3)c(=O)[nH]1. The Morgan fingerprint density at radius 1 is 1.24 bits per heavy atom. The van der Waals surface area contributed by atoms with E-state index in [-0.39, 0.29) is 11.4 Å². The zero-order valence-corrected chi connectivity index (χ0v) is 11.8. The summed E-state index contributed by atoms with van der Waals surface area (Å²) < 4.78 is 11.0. The number of nitrogen functional groups attached to an aromatic ring is 1. The van der Waals surface area contributed by atoms with Gasteiger partial charge in [0.1, 0.15) is 19.0 Å². The van der Waals surface area contributed by atoms with Crippen molar-refractivity contribution in [2.24, 2.45) is 0 Å². The molecule has 1 aromatic heterocycles. The van der Waals surface area contributed by atoms with E-state index in [4.69, 9.17) is 15.2 Å². The van der Waals surface area contributed by atoms with Gasteiger partial charge in [0.25, 0.3) is 5.56 Å². The van der Waals surface area contributed by atoms with Crippen LogP contribution in [0.15, 0.2) is 23.0 Å². The van der Waals surface area contributed by atoms with E-state index >= 15 is 0 Å². The molecule has 0 amide bonds. The number of hydrogen-bond acceptors (Lipinski definition) is 6. The summed E-state index contributed by atoms with van der Waals surface area (Å²) in [5.41, 5.74) is 6.63. The summed E-state index contributed by atoms with van der Waals surface area (Å²) in [4.78, 5) is 20.8. The highest BCUT2D eigenvalue weighted by atomic mass is 16.6. The van der Waals surface area contributed by atoms with Crippen molar-refractivity contribution >= 4 is 11.8 Å². The number of aromatic amines is 1. The summed E-state index contributed by atoms with van der Waals surface area (Å²) in [5.74, 6) is 1.87. The fourth-order valence-electron chi connectivity index (χ4n) is 2.17. The molecule has 2 aromatic rings. The minimum absolute atomic E-state index is 0.180. The lowest BCUT2D eigenvalue weighted by Gasteiger charge is -2.19. The smallest absolute Gasteiger partial charge is 0.262 e. The van der Waals surface area contributed by atoms with Crippen LogP contribution in [0.5, 0.6) is 11.5 Å². The molecule has 21 heavy (non-hydrogen) atoms. The molecule has 0 bridgehead atoms. The Bertz CT molecular complexity index is 739. The number of nitrogens with one attached hydrogen (secondary N) is 1. The third-order valence-electron chi connectivity index (χ3n) is 3.19. The number of anilines is 2. The van der Waals surface area contributed by atoms with Gasteiger partial charge in [0.2, 0.25) is 5.95 Å². The molecule has 0 aliphatic carbocycles. The molecule has 1 aliphatic rings. The van der Waals surface area contributed by atoms with Crippen molar-refractivity contribution in [3.05, 3.63) is 28.6 Å². The molecule has 3 N–H and O–H groups in total. The van der Waals surface area contributed by atoms with E-state index in [9.17, 15) is 4.79 Å². The van der Waals surface area contributed by atoms with E-state index in [1.54, 1.807) is 37.2 Å². The van der Waals surface area contributed by atoms with Crippen molar-refractivity contribution in [3.63, 3.8) is 0 Å². The molecule has 1 aromatic carbocycles. The monoisotopic (exact) mass is 288 g/mol. The Hall–Kier alpha value is -2.70. The number of benzene rings is 1. The summed E-state index contributed by atoms with van der Waals surface area (Å²) in [6.45, 7) is 1.01. The third-order valence-corrected chi connectivity index (χ3v) is 3.19. The number of aromatic nitrogens is 2. The minimum Gasteiger partial charge on any atom is -0.486 e. The molecule has 0 unspecified atom stereocenters. The van der Waals surface area contributed by atoms with Crippen LogP contribution in [0.1, 0.15) is 0 Å². The second-order valence-electron chi connectivity index (χ2n) is 4.90. The van der Waals surface area contributed by atoms with Crippen LogP contribution < -0.4 is 25.7 Å². The molecule has 0 saturated heterocycles. The average Bonchev–Trinajstić information content (AvgIpc) is 2.46. The summed E-state index contributed by atoms with van der Waals surface area (Å²) in [6.07, 6.45) is 0. The highest BCUT2D eigenvalue weighted by molar-refractivity contribution is 5.75. The first-order chi connectivity index (χ1) is 10.1. The molecular formula is C14H16N4O3. The van der Waals surface area contributed by atoms with Gasteiger partial charge in [0, 0.05) is 14.1 Å². The van der Waals surface area contributed by atoms with E-state index in [1.165, 1.54) is 0 Å². The van der Waals surface area contributed by atoms with Gasteiger partial charge in [0.05, 0.1) is 5.56 Å². The van der Waals surface area contributed by atoms with Crippen molar-refractivity contribution in [2.45, 2.75) is 0 Å². The summed E-state index contributed by atoms with van der Waals surface area (Å²) >= 11 is 0. The van der Waals surface area contributed by atoms with Crippen LogP contribution in [0.2, 0.25) is 0 Å². The predicted octanol–water partition coefficient (Wildman–Crippen LogP) is 0.856. The van der Waals surface area contributed by atoms with Crippen molar-refractivity contribution in [1.82, 2.24) is 9.97 Å². The Balaban J connectivity index is 2.10. The number of rotatable bonds is 2. The molecule has 0 atom stereocenters. The summed E-state index contributed by atoms with van der Waals surface area (Å²) in [5, 5.41) is 0. The molecule has 1 aliphatic heterocycles. The van der Waals surface area contributed by atoms with Gasteiger partial charge in [-0.15, -0.1) is 0 Å². The lowest BCUT2D eigenvalue weighted by atomic mass is 10.1. The third kappa shape index (κ3) is 2.37. The van der Waals surface area contributed by atoms with Gasteiger partial charge in [-0.05, 0) is 17.7 Å². The lowest BCUT2D eigenvalue weighted by molar-refractivity contribution is 0.171. The van der Waals surface area contributed by atoms with Gasteiger partial charge >= 0.3 is 0 Å². The molecule has 7 heteroatoms. The van der Waals surface area contributed by atoms with Gasteiger partial charge in [-0.3, -0.25) is 9.78 Å². The zero-order chi connectivity index (χ0) is 15.0. The number of ether oxygens (including phenoxy) is 2. The van der Waals surface area contributed by atoms with E-state index in [1.807, 2.05) is 0 Å². The summed E-state index contributed by atoms with van der Waals surface area (Å²) in [7, 11) is 3.56. The van der Waals surface area contributed by atoms with Gasteiger partial charge in [-0.2, -0.15) is 4.98 Å². The molecule has 0 saturated carbocycles. The standard InChI is InChI=1S/C14H16N4O3/c1-18(2)14-16-12(15)11(13(19)17-14)8-3-4-9-10(7-8)21-6-5-20-9/h3-4,7H,5-6H2,1-2H3,(H3,15,16,17,19). The fraction of sp³-hybridized carbons (Fsp3) is 0.286. The quantitative estimate of drug-likeness (QED) is 0.851. The average molecular weight is 288 g/mol. The second kappa shape index (κ2) is 5.01. The zero-order valence-electron chi connectivity index (χ0n) is 11.8. The van der Waals surface area contributed by atoms with Crippen LogP contribution in [-0.4, -0.2) is 37.3 Å². The predicted molar refractivity (Wildman–Crippen MR) is 80.0 cm³/mol. The number of H-pyrrole nitrogens is 1. The first-order valence-electron chi connectivity index (χ1n) is 6.53. The van der Waals surface area contributed by atoms with Crippen LogP contribution in [0.3, 0.4) is 0 Å². The first-order valence-corrected chi connectivity index (χ1v) is 6.53. The van der Waals surface area contributed by atoms with Gasteiger partial charge in [-0.1, -0.05) is 6.07 Å². The molecule has 0 spiro atoms. The van der Waals surface area contributed by atoms with Crippen LogP contribution in [0.4, 0.5) is 11.8 Å². The van der Waals surface area contributed by atoms with Gasteiger partial charge in [-0.25, -0.2) is 0 Å². The van der Waals surface area contributed by atoms with Crippen molar-refractivity contribution < 1.29 is 9.47 Å². The molecule has 2 heterocycles. The van der Waals surface area contributed by atoms with E-state index in [0.29, 0.717) is 41.8 Å². The second-order valence-corrected chi connectivity index (χ2v) is 4.90. The van der Waals surface area contributed by atoms with Crippen LogP contribution in [0.25, 0.3) is 11.1 Å². The number of nitrogens with zero attached hydrogens (tertiary/aromatic N) is 2. The van der Waals surface area contributed by atoms with Crippen LogP contribution in [-0.2, 0) is 0 Å². The molecule has 110 valence electrons. The molecule has 0 fully saturated rings. The van der Waals surface area contributed by atoms with E-state index in [2.05, 4.69) is 9.97 Å². The van der Waals surface area contributed by atoms with Crippen molar-refractivity contribution in [2.75, 3.05) is 37.9 Å². The molecular weight excluding hydrogens is 272 g/mol. The summed E-state index contributed by atoms with van der Waals surface area (Å²) in [6, 6.07) is 5.28. The maximum Gasteiger partial charge on any atom is 0.262 e. The lowest BCUT2D eigenvalue weighted by Crippen LogP contribution is -2.21. The highest BCUT2D eigenvalue weighted by Gasteiger charge is 2.17. The Kier molecular flexibility index (Phi) is 3.17. The Morgan fingerprint density at radius 2 is 1.95 bits per heavy atom. The largest absolute Gasteiger partial charge is 0.486 e. The number of hydrogen-bond donors (Lipinski definition) is 2.